The zero-order valence-corrected chi connectivity index (χ0v) is 10.7. The summed E-state index contributed by atoms with van der Waals surface area (Å²) in [6.07, 6.45) is 4.57. The van der Waals surface area contributed by atoms with Crippen LogP contribution < -0.4 is 5.73 Å². The molecule has 0 aliphatic heterocycles. The van der Waals surface area contributed by atoms with Crippen molar-refractivity contribution in [2.24, 2.45) is 11.7 Å². The molecule has 1 saturated carbocycles. The van der Waals surface area contributed by atoms with Gasteiger partial charge in [-0.3, -0.25) is 0 Å². The molecule has 1 aliphatic rings. The maximum atomic E-state index is 13.0. The van der Waals surface area contributed by atoms with Crippen LogP contribution in [0.5, 0.6) is 0 Å². The van der Waals surface area contributed by atoms with Gasteiger partial charge in [0.15, 0.2) is 0 Å². The minimum absolute atomic E-state index is 0.109. The lowest BCUT2D eigenvalue weighted by Gasteiger charge is -2.47. The average Bonchev–Trinajstić information content (AvgIpc) is 2.18. The van der Waals surface area contributed by atoms with Gasteiger partial charge in [-0.05, 0) is 42.9 Å². The molecule has 1 aromatic carbocycles. The highest BCUT2D eigenvalue weighted by Crippen LogP contribution is 2.47. The highest BCUT2D eigenvalue weighted by Gasteiger charge is 2.43. The Kier molecular flexibility index (Phi) is 3.53. The van der Waals surface area contributed by atoms with Crippen molar-refractivity contribution in [1.82, 2.24) is 0 Å². The molecule has 1 nitrogen and oxygen atoms in total. The van der Waals surface area contributed by atoms with E-state index in [0.717, 1.165) is 19.3 Å². The fourth-order valence-electron chi connectivity index (χ4n) is 2.95. The summed E-state index contributed by atoms with van der Waals surface area (Å²) in [5.41, 5.74) is 7.72. The average molecular weight is 235 g/mol. The number of nitrogens with two attached hydrogens (primary N) is 1. The summed E-state index contributed by atoms with van der Waals surface area (Å²) in [5.74, 6) is 0.448. The molecule has 2 heteroatoms. The second-order valence-electron chi connectivity index (χ2n) is 5.75. The molecule has 1 aliphatic carbocycles. The monoisotopic (exact) mass is 235 g/mol. The molecule has 94 valence electrons. The van der Waals surface area contributed by atoms with E-state index >= 15 is 0 Å². The first-order valence-electron chi connectivity index (χ1n) is 6.56. The molecule has 0 spiro atoms. The summed E-state index contributed by atoms with van der Waals surface area (Å²) in [6.45, 7) is 4.41. The summed E-state index contributed by atoms with van der Waals surface area (Å²) in [4.78, 5) is 0. The van der Waals surface area contributed by atoms with E-state index in [0.29, 0.717) is 5.92 Å². The van der Waals surface area contributed by atoms with Crippen molar-refractivity contribution in [3.63, 3.8) is 0 Å². The second-order valence-corrected chi connectivity index (χ2v) is 5.75. The third kappa shape index (κ3) is 2.37. The molecule has 0 saturated heterocycles. The Bertz CT molecular complexity index is 365. The van der Waals surface area contributed by atoms with Crippen molar-refractivity contribution >= 4 is 0 Å². The first-order chi connectivity index (χ1) is 8.04. The van der Waals surface area contributed by atoms with E-state index in [1.165, 1.54) is 12.0 Å². The Labute approximate surface area is 103 Å². The van der Waals surface area contributed by atoms with Gasteiger partial charge < -0.3 is 5.73 Å². The van der Waals surface area contributed by atoms with E-state index in [1.54, 1.807) is 12.1 Å². The molecular weight excluding hydrogens is 213 g/mol. The second kappa shape index (κ2) is 4.77. The van der Waals surface area contributed by atoms with Crippen LogP contribution in [-0.4, -0.2) is 6.04 Å². The van der Waals surface area contributed by atoms with Crippen molar-refractivity contribution < 1.29 is 4.39 Å². The van der Waals surface area contributed by atoms with Crippen LogP contribution in [0.2, 0.25) is 0 Å². The van der Waals surface area contributed by atoms with Crippen molar-refractivity contribution in [3.05, 3.63) is 35.6 Å². The van der Waals surface area contributed by atoms with Gasteiger partial charge in [-0.2, -0.15) is 0 Å². The normalized spacial score (nSPS) is 20.1. The Balaban J connectivity index is 2.22. The molecule has 2 rings (SSSR count). The van der Waals surface area contributed by atoms with Gasteiger partial charge in [-0.1, -0.05) is 32.4 Å². The Morgan fingerprint density at radius 1 is 1.24 bits per heavy atom. The summed E-state index contributed by atoms with van der Waals surface area (Å²) in [7, 11) is 0. The number of halogens is 1. The molecule has 0 radical (unpaired) electrons. The zero-order chi connectivity index (χ0) is 12.5. The van der Waals surface area contributed by atoms with Gasteiger partial charge in [0.2, 0.25) is 0 Å². The molecule has 0 amide bonds. The van der Waals surface area contributed by atoms with Crippen molar-refractivity contribution in [2.75, 3.05) is 0 Å². The first-order valence-corrected chi connectivity index (χ1v) is 6.56. The van der Waals surface area contributed by atoms with Crippen LogP contribution in [0.1, 0.15) is 45.1 Å². The first kappa shape index (κ1) is 12.6. The van der Waals surface area contributed by atoms with Gasteiger partial charge in [-0.15, -0.1) is 0 Å². The molecule has 0 heterocycles. The quantitative estimate of drug-likeness (QED) is 0.847. The van der Waals surface area contributed by atoms with Crippen LogP contribution >= 0.6 is 0 Å². The number of hydrogen-bond donors (Lipinski definition) is 1. The molecule has 0 aromatic heterocycles. The highest BCUT2D eigenvalue weighted by molar-refractivity contribution is 5.30. The summed E-state index contributed by atoms with van der Waals surface area (Å²) in [5, 5.41) is 0. The Morgan fingerprint density at radius 2 is 1.82 bits per heavy atom. The van der Waals surface area contributed by atoms with Crippen molar-refractivity contribution in [1.29, 1.82) is 0 Å². The maximum absolute atomic E-state index is 13.0. The Hall–Kier alpha value is -0.890. The van der Waals surface area contributed by atoms with Gasteiger partial charge >= 0.3 is 0 Å². The smallest absolute Gasteiger partial charge is 0.123 e. The van der Waals surface area contributed by atoms with Gasteiger partial charge in [-0.25, -0.2) is 4.39 Å². The van der Waals surface area contributed by atoms with Crippen LogP contribution in [0.15, 0.2) is 24.3 Å². The fraction of sp³-hybridized carbons (Fsp3) is 0.600. The minimum Gasteiger partial charge on any atom is -0.327 e. The van der Waals surface area contributed by atoms with Gasteiger partial charge in [0.25, 0.3) is 0 Å². The number of rotatable bonds is 4. The third-order valence-electron chi connectivity index (χ3n) is 4.10. The number of benzene rings is 1. The van der Waals surface area contributed by atoms with E-state index in [2.05, 4.69) is 13.8 Å². The Morgan fingerprint density at radius 3 is 2.24 bits per heavy atom. The molecule has 1 aromatic rings. The lowest BCUT2D eigenvalue weighted by Crippen LogP contribution is -2.50. The fourth-order valence-corrected chi connectivity index (χ4v) is 2.95. The number of hydrogen-bond acceptors (Lipinski definition) is 1. The summed E-state index contributed by atoms with van der Waals surface area (Å²) in [6, 6.07) is 7.12. The van der Waals surface area contributed by atoms with Crippen LogP contribution in [-0.2, 0) is 5.41 Å². The molecule has 1 unspecified atom stereocenters. The van der Waals surface area contributed by atoms with Crippen LogP contribution in [0, 0.1) is 11.7 Å². The predicted octanol–water partition coefficient (Wildman–Crippen LogP) is 3.62. The molecule has 0 bridgehead atoms. The maximum Gasteiger partial charge on any atom is 0.123 e. The summed E-state index contributed by atoms with van der Waals surface area (Å²) >= 11 is 0. The lowest BCUT2D eigenvalue weighted by molar-refractivity contribution is 0.178. The van der Waals surface area contributed by atoms with E-state index in [4.69, 9.17) is 5.73 Å². The molecular formula is C15H22FN. The van der Waals surface area contributed by atoms with E-state index in [1.807, 2.05) is 12.1 Å². The third-order valence-corrected chi connectivity index (χ3v) is 4.10. The molecule has 17 heavy (non-hydrogen) atoms. The minimum atomic E-state index is -0.166. The highest BCUT2D eigenvalue weighted by atomic mass is 19.1. The largest absolute Gasteiger partial charge is 0.327 e. The lowest BCUT2D eigenvalue weighted by atomic mass is 9.59. The molecule has 2 N–H and O–H groups in total. The summed E-state index contributed by atoms with van der Waals surface area (Å²) < 4.78 is 13.0. The SMILES string of the molecule is CC(C)CC(N)C1(c2ccc(F)cc2)CCC1. The topological polar surface area (TPSA) is 26.0 Å². The van der Waals surface area contributed by atoms with Gasteiger partial charge in [0.05, 0.1) is 0 Å². The molecule has 1 fully saturated rings. The van der Waals surface area contributed by atoms with E-state index < -0.39 is 0 Å². The van der Waals surface area contributed by atoms with Gasteiger partial charge in [0, 0.05) is 11.5 Å². The van der Waals surface area contributed by atoms with Crippen LogP contribution in [0.3, 0.4) is 0 Å². The predicted molar refractivity (Wildman–Crippen MR) is 69.4 cm³/mol. The van der Waals surface area contributed by atoms with E-state index in [-0.39, 0.29) is 17.3 Å². The van der Waals surface area contributed by atoms with Gasteiger partial charge in [0.1, 0.15) is 5.82 Å². The molecule has 1 atom stereocenters. The van der Waals surface area contributed by atoms with E-state index in [9.17, 15) is 4.39 Å². The standard InChI is InChI=1S/C15H22FN/c1-11(2)10-14(17)15(8-3-9-15)12-4-6-13(16)7-5-12/h4-7,11,14H,3,8-10,17H2,1-2H3. The zero-order valence-electron chi connectivity index (χ0n) is 10.7. The van der Waals surface area contributed by atoms with Crippen molar-refractivity contribution in [2.45, 2.75) is 51.0 Å². The van der Waals surface area contributed by atoms with Crippen LogP contribution in [0.25, 0.3) is 0 Å². The van der Waals surface area contributed by atoms with Crippen LogP contribution in [0.4, 0.5) is 4.39 Å². The van der Waals surface area contributed by atoms with Crippen molar-refractivity contribution in [3.8, 4) is 0 Å².